The van der Waals surface area contributed by atoms with Crippen LogP contribution in [-0.2, 0) is 4.74 Å². The summed E-state index contributed by atoms with van der Waals surface area (Å²) in [6, 6.07) is 6.38. The Morgan fingerprint density at radius 2 is 2.18 bits per heavy atom. The molecule has 1 aliphatic heterocycles. The molecule has 1 atom stereocenters. The second-order valence-electron chi connectivity index (χ2n) is 5.44. The fourth-order valence-corrected chi connectivity index (χ4v) is 2.66. The average Bonchev–Trinajstić information content (AvgIpc) is 2.88. The van der Waals surface area contributed by atoms with Gasteiger partial charge in [-0.1, -0.05) is 12.1 Å². The van der Waals surface area contributed by atoms with Gasteiger partial charge in [-0.05, 0) is 26.0 Å². The van der Waals surface area contributed by atoms with Crippen LogP contribution >= 0.6 is 0 Å². The van der Waals surface area contributed by atoms with Crippen molar-refractivity contribution in [2.75, 3.05) is 19.7 Å². The van der Waals surface area contributed by atoms with Crippen molar-refractivity contribution in [1.29, 1.82) is 0 Å². The first-order valence-corrected chi connectivity index (χ1v) is 7.28. The molecule has 0 unspecified atom stereocenters. The molecule has 6 heteroatoms. The smallest absolute Gasteiger partial charge is 0.257 e. The van der Waals surface area contributed by atoms with Crippen molar-refractivity contribution in [2.24, 2.45) is 0 Å². The topological polar surface area (TPSA) is 47.4 Å². The van der Waals surface area contributed by atoms with Crippen LogP contribution in [0.25, 0.3) is 5.69 Å². The van der Waals surface area contributed by atoms with E-state index in [1.54, 1.807) is 30.0 Å². The molecule has 0 radical (unpaired) electrons. The first-order valence-electron chi connectivity index (χ1n) is 7.28. The second kappa shape index (κ2) is 5.88. The lowest BCUT2D eigenvalue weighted by Gasteiger charge is -2.31. The number of carbonyl (C=O) groups excluding carboxylic acids is 1. The normalized spacial score (nSPS) is 18.5. The number of aromatic nitrogens is 2. The number of para-hydroxylation sites is 1. The number of ether oxygens (including phenoxy) is 1. The van der Waals surface area contributed by atoms with Gasteiger partial charge in [0.1, 0.15) is 11.5 Å². The molecular weight excluding hydrogens is 285 g/mol. The van der Waals surface area contributed by atoms with Crippen molar-refractivity contribution < 1.29 is 13.9 Å². The Balaban J connectivity index is 1.90. The molecule has 0 aliphatic carbocycles. The van der Waals surface area contributed by atoms with Gasteiger partial charge < -0.3 is 9.64 Å². The maximum absolute atomic E-state index is 13.9. The fourth-order valence-electron chi connectivity index (χ4n) is 2.66. The monoisotopic (exact) mass is 303 g/mol. The van der Waals surface area contributed by atoms with E-state index in [9.17, 15) is 9.18 Å². The maximum atomic E-state index is 13.9. The Hall–Kier alpha value is -2.21. The zero-order valence-electron chi connectivity index (χ0n) is 12.6. The number of hydrogen-bond donors (Lipinski definition) is 0. The summed E-state index contributed by atoms with van der Waals surface area (Å²) in [5.41, 5.74) is 1.47. The molecule has 116 valence electrons. The highest BCUT2D eigenvalue weighted by Gasteiger charge is 2.25. The zero-order chi connectivity index (χ0) is 15.7. The van der Waals surface area contributed by atoms with Crippen molar-refractivity contribution >= 4 is 5.91 Å². The summed E-state index contributed by atoms with van der Waals surface area (Å²) in [5, 5.41) is 4.18. The van der Waals surface area contributed by atoms with Crippen molar-refractivity contribution in [3.05, 3.63) is 47.5 Å². The molecule has 0 spiro atoms. The summed E-state index contributed by atoms with van der Waals surface area (Å²) in [7, 11) is 0. The van der Waals surface area contributed by atoms with Crippen LogP contribution in [-0.4, -0.2) is 46.4 Å². The molecule has 1 aromatic carbocycles. The molecule has 22 heavy (non-hydrogen) atoms. The summed E-state index contributed by atoms with van der Waals surface area (Å²) >= 11 is 0. The van der Waals surface area contributed by atoms with E-state index in [-0.39, 0.29) is 17.8 Å². The molecule has 0 bridgehead atoms. The standard InChI is InChI=1S/C16H18FN3O2/c1-11-10-19(7-8-22-11)16(21)13-9-18-20(12(13)2)15-6-4-3-5-14(15)17/h3-6,9,11H,7-8,10H2,1-2H3/t11-/m0/s1. The molecule has 1 saturated heterocycles. The van der Waals surface area contributed by atoms with E-state index in [4.69, 9.17) is 4.74 Å². The molecule has 0 saturated carbocycles. The van der Waals surface area contributed by atoms with E-state index in [1.807, 2.05) is 6.92 Å². The van der Waals surface area contributed by atoms with Crippen LogP contribution in [0.3, 0.4) is 0 Å². The van der Waals surface area contributed by atoms with Gasteiger partial charge in [-0.2, -0.15) is 5.10 Å². The summed E-state index contributed by atoms with van der Waals surface area (Å²) in [6.07, 6.45) is 1.53. The fraction of sp³-hybridized carbons (Fsp3) is 0.375. The number of rotatable bonds is 2. The van der Waals surface area contributed by atoms with Crippen molar-refractivity contribution in [3.8, 4) is 5.69 Å². The van der Waals surface area contributed by atoms with Crippen LogP contribution in [0.2, 0.25) is 0 Å². The molecule has 5 nitrogen and oxygen atoms in total. The van der Waals surface area contributed by atoms with Gasteiger partial charge in [0.05, 0.1) is 30.2 Å². The molecule has 2 heterocycles. The largest absolute Gasteiger partial charge is 0.375 e. The van der Waals surface area contributed by atoms with E-state index in [0.29, 0.717) is 36.6 Å². The van der Waals surface area contributed by atoms with Gasteiger partial charge in [0, 0.05) is 13.1 Å². The molecule has 1 amide bonds. The number of amides is 1. The van der Waals surface area contributed by atoms with Crippen LogP contribution in [0.5, 0.6) is 0 Å². The van der Waals surface area contributed by atoms with Crippen LogP contribution in [0.1, 0.15) is 23.0 Å². The lowest BCUT2D eigenvalue weighted by Crippen LogP contribution is -2.44. The van der Waals surface area contributed by atoms with Crippen molar-refractivity contribution in [3.63, 3.8) is 0 Å². The van der Waals surface area contributed by atoms with E-state index in [2.05, 4.69) is 5.10 Å². The highest BCUT2D eigenvalue weighted by molar-refractivity contribution is 5.95. The SMILES string of the molecule is Cc1c(C(=O)N2CCO[C@@H](C)C2)cnn1-c1ccccc1F. The van der Waals surface area contributed by atoms with Crippen molar-refractivity contribution in [1.82, 2.24) is 14.7 Å². The third kappa shape index (κ3) is 2.62. The summed E-state index contributed by atoms with van der Waals surface area (Å²) < 4.78 is 20.8. The predicted molar refractivity (Wildman–Crippen MR) is 79.6 cm³/mol. The van der Waals surface area contributed by atoms with E-state index in [0.717, 1.165) is 0 Å². The van der Waals surface area contributed by atoms with E-state index < -0.39 is 0 Å². The van der Waals surface area contributed by atoms with Crippen LogP contribution in [0.15, 0.2) is 30.5 Å². The van der Waals surface area contributed by atoms with Gasteiger partial charge in [-0.25, -0.2) is 9.07 Å². The zero-order valence-corrected chi connectivity index (χ0v) is 12.6. The molecule has 2 aromatic rings. The molecule has 3 rings (SSSR count). The Kier molecular flexibility index (Phi) is 3.94. The number of nitrogens with zero attached hydrogens (tertiary/aromatic N) is 3. The lowest BCUT2D eigenvalue weighted by molar-refractivity contribution is -0.0124. The first kappa shape index (κ1) is 14.7. The van der Waals surface area contributed by atoms with E-state index >= 15 is 0 Å². The minimum atomic E-state index is -0.368. The summed E-state index contributed by atoms with van der Waals surface area (Å²) in [4.78, 5) is 14.4. The minimum Gasteiger partial charge on any atom is -0.375 e. The lowest BCUT2D eigenvalue weighted by atomic mass is 10.2. The van der Waals surface area contributed by atoms with Crippen molar-refractivity contribution in [2.45, 2.75) is 20.0 Å². The molecular formula is C16H18FN3O2. The predicted octanol–water partition coefficient (Wildman–Crippen LogP) is 2.18. The van der Waals surface area contributed by atoms with Gasteiger partial charge in [-0.15, -0.1) is 0 Å². The quantitative estimate of drug-likeness (QED) is 0.854. The summed E-state index contributed by atoms with van der Waals surface area (Å²) in [6.45, 7) is 5.37. The van der Waals surface area contributed by atoms with Gasteiger partial charge in [0.15, 0.2) is 0 Å². The van der Waals surface area contributed by atoms with Gasteiger partial charge in [-0.3, -0.25) is 4.79 Å². The van der Waals surface area contributed by atoms with Gasteiger partial charge >= 0.3 is 0 Å². The molecule has 0 N–H and O–H groups in total. The number of benzene rings is 1. The second-order valence-corrected chi connectivity index (χ2v) is 5.44. The van der Waals surface area contributed by atoms with Gasteiger partial charge in [0.25, 0.3) is 5.91 Å². The van der Waals surface area contributed by atoms with E-state index in [1.165, 1.54) is 16.9 Å². The number of hydrogen-bond acceptors (Lipinski definition) is 3. The Labute approximate surface area is 128 Å². The minimum absolute atomic E-state index is 0.0274. The molecule has 1 aliphatic rings. The molecule has 1 aromatic heterocycles. The maximum Gasteiger partial charge on any atom is 0.257 e. The third-order valence-corrected chi connectivity index (χ3v) is 3.85. The first-order chi connectivity index (χ1) is 10.6. The highest BCUT2D eigenvalue weighted by atomic mass is 19.1. The number of morpholine rings is 1. The summed E-state index contributed by atoms with van der Waals surface area (Å²) in [5.74, 6) is -0.456. The Bertz CT molecular complexity index is 698. The molecule has 1 fully saturated rings. The highest BCUT2D eigenvalue weighted by Crippen LogP contribution is 2.19. The Morgan fingerprint density at radius 3 is 2.91 bits per heavy atom. The van der Waals surface area contributed by atoms with Crippen LogP contribution < -0.4 is 0 Å². The van der Waals surface area contributed by atoms with Gasteiger partial charge in [0.2, 0.25) is 0 Å². The number of halogens is 1. The van der Waals surface area contributed by atoms with Crippen LogP contribution in [0, 0.1) is 12.7 Å². The number of carbonyl (C=O) groups is 1. The third-order valence-electron chi connectivity index (χ3n) is 3.85. The Morgan fingerprint density at radius 1 is 1.41 bits per heavy atom. The van der Waals surface area contributed by atoms with Crippen LogP contribution in [0.4, 0.5) is 4.39 Å². The average molecular weight is 303 g/mol.